The number of rotatable bonds is 5. The first kappa shape index (κ1) is 17.5. The maximum atomic E-state index is 12.7. The molecule has 1 unspecified atom stereocenters. The fourth-order valence-corrected chi connectivity index (χ4v) is 3.49. The van der Waals surface area contributed by atoms with Crippen molar-refractivity contribution in [1.29, 1.82) is 0 Å². The summed E-state index contributed by atoms with van der Waals surface area (Å²) < 4.78 is 3.79. The van der Waals surface area contributed by atoms with Crippen molar-refractivity contribution in [1.82, 2.24) is 24.2 Å². The molecule has 3 heterocycles. The molecule has 0 radical (unpaired) electrons. The molecule has 0 bridgehead atoms. The minimum atomic E-state index is -0.758. The molecule has 2 aromatic heterocycles. The Bertz CT molecular complexity index is 931. The third kappa shape index (κ3) is 3.50. The molecule has 1 N–H and O–H groups in total. The highest BCUT2D eigenvalue weighted by atomic mass is 16.3. The molecule has 0 saturated heterocycles. The van der Waals surface area contributed by atoms with Gasteiger partial charge in [-0.2, -0.15) is 5.10 Å². The van der Waals surface area contributed by atoms with E-state index in [2.05, 4.69) is 10.1 Å². The molecular formula is C20H23N5O2. The predicted octanol–water partition coefficient (Wildman–Crippen LogP) is 1.77. The van der Waals surface area contributed by atoms with Crippen LogP contribution < -0.4 is 0 Å². The second-order valence-electron chi connectivity index (χ2n) is 6.74. The first-order valence-electron chi connectivity index (χ1n) is 9.23. The van der Waals surface area contributed by atoms with Gasteiger partial charge in [-0.1, -0.05) is 37.3 Å². The van der Waals surface area contributed by atoms with E-state index in [1.165, 1.54) is 0 Å². The number of aryl methyl sites for hydroxylation is 1. The molecule has 1 aliphatic heterocycles. The highest BCUT2D eigenvalue weighted by Crippen LogP contribution is 2.23. The smallest absolute Gasteiger partial charge is 0.242 e. The summed E-state index contributed by atoms with van der Waals surface area (Å²) in [5, 5.41) is 15.1. The average Bonchev–Trinajstić information content (AvgIpc) is 3.33. The molecule has 1 aliphatic rings. The van der Waals surface area contributed by atoms with E-state index < -0.39 is 6.10 Å². The summed E-state index contributed by atoms with van der Waals surface area (Å²) >= 11 is 0. The van der Waals surface area contributed by atoms with E-state index in [1.54, 1.807) is 6.20 Å². The number of amides is 1. The second-order valence-corrected chi connectivity index (χ2v) is 6.74. The van der Waals surface area contributed by atoms with Crippen LogP contribution in [0.1, 0.15) is 35.8 Å². The van der Waals surface area contributed by atoms with E-state index in [1.807, 2.05) is 63.7 Å². The number of benzene rings is 1. The molecular weight excluding hydrogens is 342 g/mol. The van der Waals surface area contributed by atoms with Crippen LogP contribution in [0.25, 0.3) is 0 Å². The molecule has 140 valence electrons. The van der Waals surface area contributed by atoms with Gasteiger partial charge < -0.3 is 14.6 Å². The van der Waals surface area contributed by atoms with Gasteiger partial charge in [-0.15, -0.1) is 0 Å². The molecule has 27 heavy (non-hydrogen) atoms. The Morgan fingerprint density at radius 3 is 2.85 bits per heavy atom. The summed E-state index contributed by atoms with van der Waals surface area (Å²) in [6.45, 7) is 4.08. The highest BCUT2D eigenvalue weighted by Gasteiger charge is 2.24. The van der Waals surface area contributed by atoms with Gasteiger partial charge in [0.05, 0.1) is 24.5 Å². The number of hydrogen-bond donors (Lipinski definition) is 1. The fraction of sp³-hybridized carbons (Fsp3) is 0.350. The van der Waals surface area contributed by atoms with Crippen LogP contribution in [0.5, 0.6) is 0 Å². The number of aliphatic hydroxyl groups is 1. The summed E-state index contributed by atoms with van der Waals surface area (Å²) in [5.74, 6) is 0.985. The van der Waals surface area contributed by atoms with Gasteiger partial charge >= 0.3 is 0 Å². The normalized spacial score (nSPS) is 14.8. The third-order valence-corrected chi connectivity index (χ3v) is 4.99. The summed E-state index contributed by atoms with van der Waals surface area (Å²) in [7, 11) is 0. The van der Waals surface area contributed by atoms with Gasteiger partial charge in [0.25, 0.3) is 0 Å². The van der Waals surface area contributed by atoms with Crippen molar-refractivity contribution in [2.75, 3.05) is 6.54 Å². The maximum absolute atomic E-state index is 12.7. The van der Waals surface area contributed by atoms with Crippen LogP contribution in [0.3, 0.4) is 0 Å². The SMILES string of the molecule is CCc1nccn1CC(=O)N1CCn2nc(C(O)c3ccccc3)cc2C1. The van der Waals surface area contributed by atoms with Crippen LogP contribution in [0, 0.1) is 0 Å². The lowest BCUT2D eigenvalue weighted by molar-refractivity contribution is -0.133. The Kier molecular flexibility index (Phi) is 4.77. The lowest BCUT2D eigenvalue weighted by Crippen LogP contribution is -2.40. The minimum absolute atomic E-state index is 0.0697. The van der Waals surface area contributed by atoms with Gasteiger partial charge in [0, 0.05) is 25.4 Å². The summed E-state index contributed by atoms with van der Waals surface area (Å²) in [5.41, 5.74) is 2.38. The fourth-order valence-electron chi connectivity index (χ4n) is 3.49. The average molecular weight is 365 g/mol. The molecule has 0 fully saturated rings. The molecule has 1 atom stereocenters. The van der Waals surface area contributed by atoms with E-state index in [-0.39, 0.29) is 5.91 Å². The number of aliphatic hydroxyl groups excluding tert-OH is 1. The lowest BCUT2D eigenvalue weighted by Gasteiger charge is -2.28. The first-order valence-corrected chi connectivity index (χ1v) is 9.23. The van der Waals surface area contributed by atoms with Crippen LogP contribution in [0.4, 0.5) is 0 Å². The van der Waals surface area contributed by atoms with E-state index in [0.29, 0.717) is 31.9 Å². The van der Waals surface area contributed by atoms with Gasteiger partial charge in [-0.3, -0.25) is 9.48 Å². The molecule has 0 spiro atoms. The Hall–Kier alpha value is -2.93. The van der Waals surface area contributed by atoms with Crippen LogP contribution in [0.2, 0.25) is 0 Å². The molecule has 7 heteroatoms. The Balaban J connectivity index is 1.47. The summed E-state index contributed by atoms with van der Waals surface area (Å²) in [6, 6.07) is 11.4. The van der Waals surface area contributed by atoms with Crippen molar-refractivity contribution >= 4 is 5.91 Å². The van der Waals surface area contributed by atoms with E-state index in [4.69, 9.17) is 0 Å². The zero-order valence-corrected chi connectivity index (χ0v) is 15.3. The minimum Gasteiger partial charge on any atom is -0.382 e. The summed E-state index contributed by atoms with van der Waals surface area (Å²) in [6.07, 6.45) is 3.62. The molecule has 1 amide bonds. The molecule has 3 aromatic rings. The number of fused-ring (bicyclic) bond motifs is 1. The van der Waals surface area contributed by atoms with Gasteiger partial charge in [0.1, 0.15) is 18.5 Å². The number of hydrogen-bond acceptors (Lipinski definition) is 4. The van der Waals surface area contributed by atoms with Crippen LogP contribution in [-0.2, 0) is 30.8 Å². The number of carbonyl (C=O) groups excluding carboxylic acids is 1. The van der Waals surface area contributed by atoms with Crippen molar-refractivity contribution in [2.24, 2.45) is 0 Å². The van der Waals surface area contributed by atoms with E-state index in [0.717, 1.165) is 23.5 Å². The van der Waals surface area contributed by atoms with Crippen LogP contribution in [0.15, 0.2) is 48.8 Å². The Labute approximate surface area is 157 Å². The molecule has 0 saturated carbocycles. The quantitative estimate of drug-likeness (QED) is 0.748. The number of nitrogens with zero attached hydrogens (tertiary/aromatic N) is 5. The van der Waals surface area contributed by atoms with E-state index >= 15 is 0 Å². The zero-order chi connectivity index (χ0) is 18.8. The van der Waals surface area contributed by atoms with Crippen molar-refractivity contribution < 1.29 is 9.90 Å². The molecule has 4 rings (SSSR count). The standard InChI is InChI=1S/C20H23N5O2/c1-2-18-21-8-9-23(18)14-19(26)24-10-11-25-16(13-24)12-17(22-25)20(27)15-6-4-3-5-7-15/h3-9,12,20,27H,2,10-11,13-14H2,1H3. The molecule has 7 nitrogen and oxygen atoms in total. The number of aromatic nitrogens is 4. The van der Waals surface area contributed by atoms with Gasteiger partial charge in [0.2, 0.25) is 5.91 Å². The van der Waals surface area contributed by atoms with Crippen LogP contribution >= 0.6 is 0 Å². The first-order chi connectivity index (χ1) is 13.2. The number of carbonyl (C=O) groups is 1. The van der Waals surface area contributed by atoms with Crippen LogP contribution in [-0.4, -0.2) is 41.8 Å². The lowest BCUT2D eigenvalue weighted by atomic mass is 10.1. The largest absolute Gasteiger partial charge is 0.382 e. The maximum Gasteiger partial charge on any atom is 0.242 e. The predicted molar refractivity (Wildman–Crippen MR) is 99.8 cm³/mol. The van der Waals surface area contributed by atoms with Gasteiger partial charge in [-0.05, 0) is 11.6 Å². The zero-order valence-electron chi connectivity index (χ0n) is 15.3. The van der Waals surface area contributed by atoms with Gasteiger partial charge in [-0.25, -0.2) is 4.98 Å². The summed E-state index contributed by atoms with van der Waals surface area (Å²) in [4.78, 5) is 18.8. The van der Waals surface area contributed by atoms with Gasteiger partial charge in [0.15, 0.2) is 0 Å². The second kappa shape index (κ2) is 7.36. The monoisotopic (exact) mass is 365 g/mol. The Morgan fingerprint density at radius 2 is 2.07 bits per heavy atom. The van der Waals surface area contributed by atoms with E-state index in [9.17, 15) is 9.90 Å². The molecule has 0 aliphatic carbocycles. The van der Waals surface area contributed by atoms with Crippen molar-refractivity contribution in [3.8, 4) is 0 Å². The van der Waals surface area contributed by atoms with Crippen molar-refractivity contribution in [3.05, 3.63) is 71.6 Å². The topological polar surface area (TPSA) is 76.2 Å². The number of imidazole rings is 1. The Morgan fingerprint density at radius 1 is 1.26 bits per heavy atom. The van der Waals surface area contributed by atoms with Crippen molar-refractivity contribution in [2.45, 2.75) is 39.1 Å². The van der Waals surface area contributed by atoms with Crippen molar-refractivity contribution in [3.63, 3.8) is 0 Å². The molecule has 1 aromatic carbocycles. The third-order valence-electron chi connectivity index (χ3n) is 4.99. The highest BCUT2D eigenvalue weighted by molar-refractivity contribution is 5.76.